The van der Waals surface area contributed by atoms with Crippen molar-refractivity contribution in [3.63, 3.8) is 0 Å². The monoisotopic (exact) mass is 1180 g/mol. The van der Waals surface area contributed by atoms with E-state index in [-0.39, 0.29) is 29.5 Å². The highest BCUT2D eigenvalue weighted by Gasteiger charge is 2.31. The number of fused-ring (bicyclic) bond motifs is 3. The van der Waals surface area contributed by atoms with Gasteiger partial charge in [0.2, 0.25) is 11.8 Å². The number of nitrogen functional groups attached to an aromatic ring is 1. The van der Waals surface area contributed by atoms with Crippen LogP contribution in [-0.4, -0.2) is 147 Å². The molecule has 6 N–H and O–H groups in total. The Morgan fingerprint density at radius 1 is 0.681 bits per heavy atom. The predicted octanol–water partition coefficient (Wildman–Crippen LogP) is 6.75. The number of halogens is 2. The molecule has 3 fully saturated rings. The highest BCUT2D eigenvalue weighted by molar-refractivity contribution is 15.0. The summed E-state index contributed by atoms with van der Waals surface area (Å²) in [5, 5.41) is 31.8. The molecule has 0 unspecified atom stereocenters. The second-order valence-electron chi connectivity index (χ2n) is 20.3. The molecule has 1 aliphatic carbocycles. The molecular formula is C49H76I2N12O6. The van der Waals surface area contributed by atoms with Crippen LogP contribution in [0.1, 0.15) is 93.0 Å². The predicted molar refractivity (Wildman–Crippen MR) is 290 cm³/mol. The van der Waals surface area contributed by atoms with Crippen molar-refractivity contribution >= 4 is 70.7 Å². The van der Waals surface area contributed by atoms with E-state index in [1.807, 2.05) is 59.2 Å². The van der Waals surface area contributed by atoms with Crippen molar-refractivity contribution in [3.8, 4) is 17.5 Å². The van der Waals surface area contributed by atoms with Crippen LogP contribution in [0.3, 0.4) is 0 Å². The summed E-state index contributed by atoms with van der Waals surface area (Å²) in [7, 11) is 1.64. The van der Waals surface area contributed by atoms with E-state index in [0.29, 0.717) is 35.3 Å². The van der Waals surface area contributed by atoms with Crippen LogP contribution < -0.4 is 25.3 Å². The Labute approximate surface area is 431 Å². The largest absolute Gasteiger partial charge is 0.493 e. The summed E-state index contributed by atoms with van der Waals surface area (Å²) >= 11 is 4.24. The Morgan fingerprint density at radius 2 is 1.20 bits per heavy atom. The van der Waals surface area contributed by atoms with E-state index in [2.05, 4.69) is 127 Å². The lowest BCUT2D eigenvalue weighted by atomic mass is 10.1. The molecule has 9 rings (SSSR count). The number of nitrogens with two attached hydrogens (primary N) is 1. The molecule has 0 bridgehead atoms. The summed E-state index contributed by atoms with van der Waals surface area (Å²) in [4.78, 5) is 30.3. The number of methoxy groups -OCH3 is 1. The van der Waals surface area contributed by atoms with Crippen molar-refractivity contribution < 1.29 is 29.5 Å². The fourth-order valence-electron chi connectivity index (χ4n) is 8.73. The van der Waals surface area contributed by atoms with E-state index < -0.39 is 0 Å². The van der Waals surface area contributed by atoms with Crippen LogP contribution in [0.4, 0.5) is 5.82 Å². The average molecular weight is 1180 g/mol. The lowest BCUT2D eigenvalue weighted by Crippen LogP contribution is -2.24. The van der Waals surface area contributed by atoms with Gasteiger partial charge >= 0.3 is 0 Å². The number of β-amino-alcohol motifs (C(OH)–C–C–N with tert-alkyl or cyclic N) is 3. The smallest absolute Gasteiger partial charge is 0.242 e. The van der Waals surface area contributed by atoms with Crippen molar-refractivity contribution in [3.05, 3.63) is 54.3 Å². The van der Waals surface area contributed by atoms with Crippen molar-refractivity contribution in [2.45, 2.75) is 132 Å². The molecule has 20 heteroatoms. The fraction of sp³-hybridized carbons (Fsp3) is 0.633. The van der Waals surface area contributed by atoms with Crippen LogP contribution in [0.2, 0.25) is 0 Å². The summed E-state index contributed by atoms with van der Waals surface area (Å²) in [5.41, 5.74) is 13.2. The van der Waals surface area contributed by atoms with Gasteiger partial charge in [0, 0.05) is 126 Å². The number of aryl methyl sites for hydroxylation is 2. The first-order valence-electron chi connectivity index (χ1n) is 23.9. The number of likely N-dealkylation sites (tertiary alicyclic amines) is 2. The molecule has 0 spiro atoms. The topological polar surface area (TPSA) is 220 Å². The highest BCUT2D eigenvalue weighted by Crippen LogP contribution is 2.34. The number of hydrogen-bond acceptors (Lipinski definition) is 16. The standard InChI is InChI=1S/C18H28N4O2.C13H18N4O.C13H19N3O2.C5H11NO.I2/c1-6-22-9-13(8-21-7-12(2)14(23)10-21)15-16(22)17(20-11-19-15)24-18(3,4)5;1-8-4-17(6-11(8)18)5-9-2-3-10-12(9)15-7-16-13(10)14;1-6-16-7-9(17-5)10-11(16)12(15-8-14-10)18-13(2,3)4;1-4-2-6-3-5(4)7;1-2/h9,11-12,14,23H,6-8,10H2,1-5H3;2,7-8,11,18H,3-6H2,1H3,(H2,14,15,16);7-8H,6H2,1-5H3;4-7H,2-3H2,1H3;/t12-,14-;8-,11-;;4-,5-;/m00.0./s1. The number of rotatable bonds is 9. The fourth-order valence-corrected chi connectivity index (χ4v) is 8.73. The first-order chi connectivity index (χ1) is 32.7. The average Bonchev–Trinajstić information content (AvgIpc) is 4.16. The Kier molecular flexibility index (Phi) is 20.6. The maximum atomic E-state index is 9.99. The first kappa shape index (κ1) is 56.4. The van der Waals surface area contributed by atoms with Crippen molar-refractivity contribution in [1.29, 1.82) is 0 Å². The molecule has 3 saturated heterocycles. The Hall–Kier alpha value is -3.52. The Bertz CT molecular complexity index is 2430. The van der Waals surface area contributed by atoms with E-state index in [1.165, 1.54) is 18.2 Å². The zero-order valence-electron chi connectivity index (χ0n) is 42.6. The molecule has 6 atom stereocenters. The summed E-state index contributed by atoms with van der Waals surface area (Å²) in [6, 6.07) is 0. The molecule has 18 nitrogen and oxygen atoms in total. The number of aliphatic hydroxyl groups excluding tert-OH is 3. The Morgan fingerprint density at radius 3 is 1.67 bits per heavy atom. The van der Waals surface area contributed by atoms with Gasteiger partial charge < -0.3 is 49.7 Å². The van der Waals surface area contributed by atoms with Gasteiger partial charge in [-0.05, 0) is 85.1 Å². The van der Waals surface area contributed by atoms with Gasteiger partial charge in [0.15, 0.2) is 5.75 Å². The van der Waals surface area contributed by atoms with Crippen LogP contribution in [0, 0.1) is 17.8 Å². The molecule has 382 valence electrons. The van der Waals surface area contributed by atoms with Gasteiger partial charge in [-0.15, -0.1) is 0 Å². The third-order valence-electron chi connectivity index (χ3n) is 12.4. The van der Waals surface area contributed by atoms with E-state index >= 15 is 0 Å². The zero-order chi connectivity index (χ0) is 50.8. The van der Waals surface area contributed by atoms with E-state index in [9.17, 15) is 10.2 Å². The lowest BCUT2D eigenvalue weighted by molar-refractivity contribution is 0.125. The van der Waals surface area contributed by atoms with E-state index in [0.717, 1.165) is 117 Å². The van der Waals surface area contributed by atoms with Gasteiger partial charge in [-0.3, -0.25) is 9.80 Å². The highest BCUT2D eigenvalue weighted by atomic mass is 128. The van der Waals surface area contributed by atoms with Gasteiger partial charge in [-0.2, -0.15) is 9.97 Å². The molecule has 0 saturated carbocycles. The number of aliphatic hydroxyl groups is 3. The lowest BCUT2D eigenvalue weighted by Gasteiger charge is -2.21. The molecule has 0 aromatic carbocycles. The molecule has 4 aliphatic rings. The summed E-state index contributed by atoms with van der Waals surface area (Å²) < 4.78 is 21.5. The number of ether oxygens (including phenoxy) is 3. The van der Waals surface area contributed by atoms with Gasteiger partial charge in [0.25, 0.3) is 0 Å². The first-order valence-corrected chi connectivity index (χ1v) is 30.2. The molecule has 0 radical (unpaired) electrons. The van der Waals surface area contributed by atoms with Gasteiger partial charge in [0.05, 0.1) is 31.1 Å². The van der Waals surface area contributed by atoms with Gasteiger partial charge in [-0.25, -0.2) is 19.9 Å². The van der Waals surface area contributed by atoms with Gasteiger partial charge in [-0.1, -0.05) is 26.8 Å². The molecule has 5 aromatic rings. The molecule has 69 heavy (non-hydrogen) atoms. The van der Waals surface area contributed by atoms with Crippen LogP contribution in [0.5, 0.6) is 17.5 Å². The van der Waals surface area contributed by atoms with Crippen molar-refractivity contribution in [2.75, 3.05) is 58.7 Å². The number of nitrogens with one attached hydrogen (secondary N) is 1. The molecule has 3 aliphatic heterocycles. The normalized spacial score (nSPS) is 22.4. The minimum atomic E-state index is -0.307. The second kappa shape index (κ2) is 25.2. The maximum Gasteiger partial charge on any atom is 0.242 e. The Balaban J connectivity index is 0.000000179. The molecule has 0 amide bonds. The minimum Gasteiger partial charge on any atom is -0.493 e. The number of anilines is 1. The second-order valence-corrected chi connectivity index (χ2v) is 20.3. The third kappa shape index (κ3) is 15.0. The van der Waals surface area contributed by atoms with Crippen molar-refractivity contribution in [2.24, 2.45) is 17.8 Å². The maximum absolute atomic E-state index is 9.99. The number of allylic oxidation sites excluding steroid dienone is 1. The van der Waals surface area contributed by atoms with E-state index in [4.69, 9.17) is 25.1 Å². The number of nitrogens with zero attached hydrogens (tertiary/aromatic N) is 10. The quantitative estimate of drug-likeness (QED) is 0.0965. The van der Waals surface area contributed by atoms with Crippen LogP contribution in [0.15, 0.2) is 37.5 Å². The molecule has 8 heterocycles. The van der Waals surface area contributed by atoms with Crippen LogP contribution in [-0.2, 0) is 26.1 Å². The van der Waals surface area contributed by atoms with Crippen molar-refractivity contribution in [1.82, 2.24) is 54.2 Å². The third-order valence-corrected chi connectivity index (χ3v) is 12.4. The van der Waals surface area contributed by atoms with Crippen LogP contribution in [0.25, 0.3) is 27.6 Å². The van der Waals surface area contributed by atoms with Crippen LogP contribution >= 0.6 is 37.2 Å². The number of hydrogen-bond donors (Lipinski definition) is 5. The zero-order valence-corrected chi connectivity index (χ0v) is 46.9. The summed E-state index contributed by atoms with van der Waals surface area (Å²) in [6.45, 7) is 30.8. The molecule has 5 aromatic heterocycles. The summed E-state index contributed by atoms with van der Waals surface area (Å²) in [5.74, 6) is 3.68. The summed E-state index contributed by atoms with van der Waals surface area (Å²) in [6.07, 6.45) is 11.1. The van der Waals surface area contributed by atoms with E-state index in [1.54, 1.807) is 13.4 Å². The number of aromatic nitrogens is 8. The van der Waals surface area contributed by atoms with Gasteiger partial charge in [0.1, 0.15) is 58.1 Å². The minimum absolute atomic E-state index is 0.0972. The SMILES string of the molecule is CCn1cc(CN2C[C@H](C)[C@@H](O)C2)c2ncnc(OC(C)(C)C)c21.CCn1cc(OC)c2ncnc(OC(C)(C)C)c21.C[C@H]1CN(CC2=CCc3c(N)ncnc32)C[C@@H]1O.C[C@H]1CNC[C@@H]1O.II. The molecular weight excluding hydrogens is 1110 g/mol.